The average molecular weight is 395 g/mol. The van der Waals surface area contributed by atoms with Crippen LogP contribution in [0.4, 0.5) is 0 Å². The van der Waals surface area contributed by atoms with Gasteiger partial charge in [-0.1, -0.05) is 58.4 Å². The molecule has 0 radical (unpaired) electrons. The van der Waals surface area contributed by atoms with Crippen LogP contribution in [0.1, 0.15) is 18.5 Å². The van der Waals surface area contributed by atoms with Gasteiger partial charge in [0.05, 0.1) is 17.9 Å². The standard InChI is InChI=1S/C19H15BrN4O/c1-12(13-5-3-2-4-6-13)24-18-17(23-19(24)25)21-11-16(22-18)14-7-9-15(20)10-8-14/h2-12H,1H3,(H,21,23,25). The SMILES string of the molecule is CC(c1ccccc1)n1c(=O)[nH]c2ncc(-c3ccc(Br)cc3)nc21. The van der Waals surface area contributed by atoms with E-state index >= 15 is 0 Å². The molecule has 6 heteroatoms. The third-order valence-corrected chi connectivity index (χ3v) is 4.76. The monoisotopic (exact) mass is 394 g/mol. The van der Waals surface area contributed by atoms with Crippen molar-refractivity contribution in [1.29, 1.82) is 0 Å². The van der Waals surface area contributed by atoms with Gasteiger partial charge in [-0.05, 0) is 24.6 Å². The van der Waals surface area contributed by atoms with Crippen molar-refractivity contribution in [1.82, 2.24) is 19.5 Å². The molecule has 2 aromatic carbocycles. The lowest BCUT2D eigenvalue weighted by Gasteiger charge is -2.13. The van der Waals surface area contributed by atoms with Crippen molar-refractivity contribution < 1.29 is 0 Å². The van der Waals surface area contributed by atoms with E-state index in [-0.39, 0.29) is 11.7 Å². The van der Waals surface area contributed by atoms with Crippen molar-refractivity contribution in [2.45, 2.75) is 13.0 Å². The molecular formula is C19H15BrN4O. The zero-order chi connectivity index (χ0) is 17.4. The Balaban J connectivity index is 1.87. The van der Waals surface area contributed by atoms with Gasteiger partial charge in [-0.15, -0.1) is 0 Å². The second-order valence-electron chi connectivity index (χ2n) is 5.82. The maximum atomic E-state index is 12.5. The molecule has 5 nitrogen and oxygen atoms in total. The summed E-state index contributed by atoms with van der Waals surface area (Å²) in [6.07, 6.45) is 1.68. The lowest BCUT2D eigenvalue weighted by Crippen LogP contribution is -2.21. The molecule has 0 saturated heterocycles. The van der Waals surface area contributed by atoms with E-state index in [2.05, 4.69) is 25.9 Å². The fraction of sp³-hybridized carbons (Fsp3) is 0.105. The summed E-state index contributed by atoms with van der Waals surface area (Å²) in [4.78, 5) is 24.3. The molecule has 1 atom stereocenters. The molecule has 124 valence electrons. The summed E-state index contributed by atoms with van der Waals surface area (Å²) in [5.41, 5.74) is 3.56. The lowest BCUT2D eigenvalue weighted by atomic mass is 10.1. The number of hydrogen-bond acceptors (Lipinski definition) is 3. The van der Waals surface area contributed by atoms with E-state index in [1.54, 1.807) is 10.8 Å². The number of hydrogen-bond donors (Lipinski definition) is 1. The van der Waals surface area contributed by atoms with Crippen LogP contribution in [0.3, 0.4) is 0 Å². The first kappa shape index (κ1) is 15.8. The molecular weight excluding hydrogens is 380 g/mol. The lowest BCUT2D eigenvalue weighted by molar-refractivity contribution is 0.631. The van der Waals surface area contributed by atoms with E-state index in [0.29, 0.717) is 11.3 Å². The number of imidazole rings is 1. The summed E-state index contributed by atoms with van der Waals surface area (Å²) in [6.45, 7) is 1.98. The third kappa shape index (κ3) is 2.89. The fourth-order valence-electron chi connectivity index (χ4n) is 2.89. The average Bonchev–Trinajstić information content (AvgIpc) is 2.97. The Morgan fingerprint density at radius 3 is 2.52 bits per heavy atom. The van der Waals surface area contributed by atoms with Gasteiger partial charge < -0.3 is 0 Å². The summed E-state index contributed by atoms with van der Waals surface area (Å²) >= 11 is 3.43. The van der Waals surface area contributed by atoms with Gasteiger partial charge in [0.1, 0.15) is 0 Å². The van der Waals surface area contributed by atoms with Gasteiger partial charge in [0.15, 0.2) is 11.3 Å². The molecule has 1 N–H and O–H groups in total. The third-order valence-electron chi connectivity index (χ3n) is 4.24. The van der Waals surface area contributed by atoms with E-state index in [1.807, 2.05) is 61.5 Å². The molecule has 0 bridgehead atoms. The Morgan fingerprint density at radius 1 is 1.08 bits per heavy atom. The Hall–Kier alpha value is -2.73. The minimum Gasteiger partial charge on any atom is -0.289 e. The first-order valence-electron chi connectivity index (χ1n) is 7.91. The van der Waals surface area contributed by atoms with Crippen LogP contribution in [0, 0.1) is 0 Å². The molecule has 25 heavy (non-hydrogen) atoms. The molecule has 2 heterocycles. The van der Waals surface area contributed by atoms with E-state index in [1.165, 1.54) is 0 Å². The van der Waals surface area contributed by atoms with Crippen molar-refractivity contribution >= 4 is 27.2 Å². The molecule has 0 amide bonds. The van der Waals surface area contributed by atoms with Crippen LogP contribution in [-0.2, 0) is 0 Å². The molecule has 0 spiro atoms. The van der Waals surface area contributed by atoms with Gasteiger partial charge in [-0.2, -0.15) is 0 Å². The minimum absolute atomic E-state index is 0.142. The number of fused-ring (bicyclic) bond motifs is 1. The predicted octanol–water partition coefficient (Wildman–Crippen LogP) is 4.16. The molecule has 0 aliphatic heterocycles. The summed E-state index contributed by atoms with van der Waals surface area (Å²) in [6, 6.07) is 17.6. The highest BCUT2D eigenvalue weighted by atomic mass is 79.9. The largest absolute Gasteiger partial charge is 0.329 e. The molecule has 0 fully saturated rings. The van der Waals surface area contributed by atoms with Crippen LogP contribution in [0.2, 0.25) is 0 Å². The molecule has 0 saturated carbocycles. The maximum absolute atomic E-state index is 12.5. The number of aromatic nitrogens is 4. The van der Waals surface area contributed by atoms with E-state index in [4.69, 9.17) is 4.98 Å². The molecule has 2 aromatic heterocycles. The first-order chi connectivity index (χ1) is 12.1. The van der Waals surface area contributed by atoms with E-state index < -0.39 is 0 Å². The van der Waals surface area contributed by atoms with Crippen LogP contribution >= 0.6 is 15.9 Å². The van der Waals surface area contributed by atoms with Gasteiger partial charge in [-0.25, -0.2) is 14.8 Å². The molecule has 4 rings (SSSR count). The topological polar surface area (TPSA) is 63.6 Å². The Labute approximate surface area is 152 Å². The van der Waals surface area contributed by atoms with Crippen LogP contribution in [0.25, 0.3) is 22.6 Å². The van der Waals surface area contributed by atoms with Crippen LogP contribution in [-0.4, -0.2) is 19.5 Å². The molecule has 0 aliphatic rings. The first-order valence-corrected chi connectivity index (χ1v) is 8.71. The van der Waals surface area contributed by atoms with Gasteiger partial charge in [0.25, 0.3) is 0 Å². The summed E-state index contributed by atoms with van der Waals surface area (Å²) in [5, 5.41) is 0. The van der Waals surface area contributed by atoms with E-state index in [0.717, 1.165) is 21.3 Å². The van der Waals surface area contributed by atoms with Gasteiger partial charge in [-0.3, -0.25) is 9.55 Å². The minimum atomic E-state index is -0.209. The van der Waals surface area contributed by atoms with E-state index in [9.17, 15) is 4.79 Å². The van der Waals surface area contributed by atoms with Crippen molar-refractivity contribution in [3.05, 3.63) is 81.3 Å². The Kier molecular flexibility index (Phi) is 3.97. The Bertz CT molecular complexity index is 1080. The van der Waals surface area contributed by atoms with Crippen LogP contribution < -0.4 is 5.69 Å². The second kappa shape index (κ2) is 6.29. The zero-order valence-electron chi connectivity index (χ0n) is 13.5. The summed E-state index contributed by atoms with van der Waals surface area (Å²) in [5.74, 6) is 0. The predicted molar refractivity (Wildman–Crippen MR) is 102 cm³/mol. The van der Waals surface area contributed by atoms with Gasteiger partial charge >= 0.3 is 5.69 Å². The number of benzene rings is 2. The number of rotatable bonds is 3. The summed E-state index contributed by atoms with van der Waals surface area (Å²) in [7, 11) is 0. The number of nitrogens with zero attached hydrogens (tertiary/aromatic N) is 3. The summed E-state index contributed by atoms with van der Waals surface area (Å²) < 4.78 is 2.65. The van der Waals surface area contributed by atoms with Crippen LogP contribution in [0.15, 0.2) is 70.1 Å². The zero-order valence-corrected chi connectivity index (χ0v) is 15.1. The molecule has 4 aromatic rings. The smallest absolute Gasteiger partial charge is 0.289 e. The highest BCUT2D eigenvalue weighted by Crippen LogP contribution is 2.23. The number of H-pyrrole nitrogens is 1. The Morgan fingerprint density at radius 2 is 1.80 bits per heavy atom. The van der Waals surface area contributed by atoms with Crippen molar-refractivity contribution in [2.24, 2.45) is 0 Å². The second-order valence-corrected chi connectivity index (χ2v) is 6.74. The normalized spacial score (nSPS) is 12.4. The van der Waals surface area contributed by atoms with Gasteiger partial charge in [0.2, 0.25) is 0 Å². The van der Waals surface area contributed by atoms with Crippen molar-refractivity contribution in [3.63, 3.8) is 0 Å². The number of halogens is 1. The van der Waals surface area contributed by atoms with Crippen LogP contribution in [0.5, 0.6) is 0 Å². The van der Waals surface area contributed by atoms with Crippen molar-refractivity contribution in [2.75, 3.05) is 0 Å². The van der Waals surface area contributed by atoms with Crippen molar-refractivity contribution in [3.8, 4) is 11.3 Å². The van der Waals surface area contributed by atoms with Gasteiger partial charge in [0, 0.05) is 10.0 Å². The highest BCUT2D eigenvalue weighted by molar-refractivity contribution is 9.10. The number of nitrogens with one attached hydrogen (secondary N) is 1. The molecule has 0 aliphatic carbocycles. The highest BCUT2D eigenvalue weighted by Gasteiger charge is 2.17. The molecule has 1 unspecified atom stereocenters. The maximum Gasteiger partial charge on any atom is 0.329 e. The number of aromatic amines is 1. The fourth-order valence-corrected chi connectivity index (χ4v) is 3.16. The quantitative estimate of drug-likeness (QED) is 0.567.